The normalized spacial score (nSPS) is 30.4. The fraction of sp³-hybridized carbons (Fsp3) is 0.481. The fourth-order valence-corrected chi connectivity index (χ4v) is 7.34. The standard InChI is InChI=1S/C27H32N2O4S/c1-16-9-11-19(12-10-16)34(31,32)29-21(18-8-6-7-17(2)15-18)23-25(30)33-24-22(28-23)20-13-14-27(24,5)26(20,3)4/h6-12,15,20-21,23-24,29H,13-14H2,1-5H3/t20-,21+,23-,24-,27+/m1/s1. The van der Waals surface area contributed by atoms with E-state index in [4.69, 9.17) is 9.73 Å². The molecule has 5 atom stereocenters. The SMILES string of the molecule is Cc1ccc(S(=O)(=O)N[C@@H](c2cccc(C)c2)[C@H]2N=C3[C@H]4CC[C@@](C)([C@@H]3OC2=O)C4(C)C)cc1. The molecular weight excluding hydrogens is 448 g/mol. The van der Waals surface area contributed by atoms with Crippen LogP contribution in [0.4, 0.5) is 0 Å². The van der Waals surface area contributed by atoms with Gasteiger partial charge in [0.15, 0.2) is 6.04 Å². The minimum atomic E-state index is -3.90. The molecule has 0 saturated heterocycles. The average molecular weight is 481 g/mol. The second-order valence-electron chi connectivity index (χ2n) is 10.9. The molecule has 0 spiro atoms. The number of carbonyl (C=O) groups is 1. The number of esters is 1. The Hall–Kier alpha value is -2.51. The van der Waals surface area contributed by atoms with Crippen LogP contribution < -0.4 is 4.72 Å². The molecule has 2 saturated carbocycles. The summed E-state index contributed by atoms with van der Waals surface area (Å²) in [5.74, 6) is -0.249. The van der Waals surface area contributed by atoms with E-state index in [9.17, 15) is 13.2 Å². The Kier molecular flexibility index (Phi) is 5.30. The predicted molar refractivity (Wildman–Crippen MR) is 131 cm³/mol. The summed E-state index contributed by atoms with van der Waals surface area (Å²) in [5.41, 5.74) is 3.35. The minimum absolute atomic E-state index is 0.0358. The third-order valence-electron chi connectivity index (χ3n) is 8.59. The van der Waals surface area contributed by atoms with Crippen LogP contribution in [0.2, 0.25) is 0 Å². The summed E-state index contributed by atoms with van der Waals surface area (Å²) in [5, 5.41) is 0. The molecule has 1 N–H and O–H groups in total. The summed E-state index contributed by atoms with van der Waals surface area (Å²) in [7, 11) is -3.90. The zero-order chi connectivity index (χ0) is 24.5. The van der Waals surface area contributed by atoms with Crippen LogP contribution in [0, 0.1) is 30.6 Å². The van der Waals surface area contributed by atoms with E-state index < -0.39 is 28.1 Å². The largest absolute Gasteiger partial charge is 0.454 e. The number of ether oxygens (including phenoxy) is 1. The molecular formula is C27H32N2O4S. The number of carbonyl (C=O) groups excluding carboxylic acids is 1. The number of aliphatic imine (C=N–C) groups is 1. The lowest BCUT2D eigenvalue weighted by atomic mass is 9.70. The third-order valence-corrected chi connectivity index (χ3v) is 10.1. The van der Waals surface area contributed by atoms with E-state index in [1.165, 1.54) is 0 Å². The molecule has 0 unspecified atom stereocenters. The van der Waals surface area contributed by atoms with Gasteiger partial charge in [0.1, 0.15) is 6.10 Å². The highest BCUT2D eigenvalue weighted by atomic mass is 32.2. The van der Waals surface area contributed by atoms with Gasteiger partial charge in [0.25, 0.3) is 0 Å². The van der Waals surface area contributed by atoms with Crippen molar-refractivity contribution in [1.82, 2.24) is 4.72 Å². The molecule has 2 aliphatic carbocycles. The first-order chi connectivity index (χ1) is 15.9. The summed E-state index contributed by atoms with van der Waals surface area (Å²) in [4.78, 5) is 18.5. The van der Waals surface area contributed by atoms with Crippen LogP contribution >= 0.6 is 0 Å². The number of hydrogen-bond acceptors (Lipinski definition) is 5. The summed E-state index contributed by atoms with van der Waals surface area (Å²) >= 11 is 0. The van der Waals surface area contributed by atoms with Crippen molar-refractivity contribution < 1.29 is 17.9 Å². The first kappa shape index (κ1) is 23.2. The molecule has 0 aromatic heterocycles. The zero-order valence-electron chi connectivity index (χ0n) is 20.3. The fourth-order valence-electron chi connectivity index (χ4n) is 6.11. The second-order valence-corrected chi connectivity index (χ2v) is 12.6. The maximum absolute atomic E-state index is 13.4. The molecule has 2 aromatic carbocycles. The van der Waals surface area contributed by atoms with Crippen LogP contribution in [-0.4, -0.2) is 32.2 Å². The van der Waals surface area contributed by atoms with Crippen LogP contribution in [0.5, 0.6) is 0 Å². The van der Waals surface area contributed by atoms with Gasteiger partial charge in [0.2, 0.25) is 10.0 Å². The molecule has 180 valence electrons. The van der Waals surface area contributed by atoms with Crippen molar-refractivity contribution in [3.63, 3.8) is 0 Å². The maximum atomic E-state index is 13.4. The minimum Gasteiger partial charge on any atom is -0.454 e. The number of nitrogens with one attached hydrogen (secondary N) is 1. The van der Waals surface area contributed by atoms with Crippen LogP contribution in [0.3, 0.4) is 0 Å². The molecule has 6 nitrogen and oxygen atoms in total. The van der Waals surface area contributed by atoms with E-state index in [0.29, 0.717) is 5.56 Å². The summed E-state index contributed by atoms with van der Waals surface area (Å²) in [6, 6.07) is 12.3. The van der Waals surface area contributed by atoms with Crippen molar-refractivity contribution in [1.29, 1.82) is 0 Å². The molecule has 0 amide bonds. The topological polar surface area (TPSA) is 84.8 Å². The number of nitrogens with zero attached hydrogens (tertiary/aromatic N) is 1. The predicted octanol–water partition coefficient (Wildman–Crippen LogP) is 4.51. The average Bonchev–Trinajstić information content (AvgIpc) is 3.10. The first-order valence-corrected chi connectivity index (χ1v) is 13.4. The Morgan fingerprint density at radius 2 is 1.76 bits per heavy atom. The van der Waals surface area contributed by atoms with Gasteiger partial charge in [-0.1, -0.05) is 68.3 Å². The highest BCUT2D eigenvalue weighted by Gasteiger charge is 2.68. The van der Waals surface area contributed by atoms with Gasteiger partial charge in [0, 0.05) is 11.3 Å². The Labute approximate surface area is 201 Å². The van der Waals surface area contributed by atoms with E-state index >= 15 is 0 Å². The van der Waals surface area contributed by atoms with E-state index in [-0.39, 0.29) is 27.7 Å². The number of hydrogen-bond donors (Lipinski definition) is 1. The monoisotopic (exact) mass is 480 g/mol. The van der Waals surface area contributed by atoms with Crippen LogP contribution in [-0.2, 0) is 19.6 Å². The molecule has 2 fully saturated rings. The number of aryl methyl sites for hydroxylation is 2. The van der Waals surface area contributed by atoms with Gasteiger partial charge in [-0.2, -0.15) is 0 Å². The summed E-state index contributed by atoms with van der Waals surface area (Å²) in [6.07, 6.45) is 1.66. The van der Waals surface area contributed by atoms with Gasteiger partial charge >= 0.3 is 5.97 Å². The second kappa shape index (κ2) is 7.75. The number of benzene rings is 2. The van der Waals surface area contributed by atoms with E-state index in [2.05, 4.69) is 25.5 Å². The van der Waals surface area contributed by atoms with E-state index in [1.807, 2.05) is 38.1 Å². The van der Waals surface area contributed by atoms with Crippen LogP contribution in [0.15, 0.2) is 58.4 Å². The van der Waals surface area contributed by atoms with Crippen molar-refractivity contribution >= 4 is 21.7 Å². The summed E-state index contributed by atoms with van der Waals surface area (Å²) in [6.45, 7) is 10.5. The molecule has 3 aliphatic rings. The Bertz CT molecular complexity index is 1280. The molecule has 2 aromatic rings. The number of sulfonamides is 1. The number of rotatable bonds is 5. The molecule has 5 rings (SSSR count). The van der Waals surface area contributed by atoms with Gasteiger partial charge in [-0.05, 0) is 49.8 Å². The van der Waals surface area contributed by atoms with Gasteiger partial charge in [0.05, 0.1) is 16.6 Å². The van der Waals surface area contributed by atoms with Gasteiger partial charge < -0.3 is 4.74 Å². The van der Waals surface area contributed by atoms with Gasteiger partial charge in [-0.25, -0.2) is 17.9 Å². The smallest absolute Gasteiger partial charge is 0.333 e. The molecule has 34 heavy (non-hydrogen) atoms. The lowest BCUT2D eigenvalue weighted by molar-refractivity contribution is -0.156. The molecule has 7 heteroatoms. The maximum Gasteiger partial charge on any atom is 0.333 e. The van der Waals surface area contributed by atoms with Crippen molar-refractivity contribution in [3.8, 4) is 0 Å². The van der Waals surface area contributed by atoms with Gasteiger partial charge in [-0.3, -0.25) is 4.99 Å². The van der Waals surface area contributed by atoms with E-state index in [0.717, 1.165) is 29.7 Å². The highest BCUT2D eigenvalue weighted by molar-refractivity contribution is 7.89. The first-order valence-electron chi connectivity index (χ1n) is 11.9. The Morgan fingerprint density at radius 3 is 2.44 bits per heavy atom. The number of fused-ring (bicyclic) bond motifs is 5. The van der Waals surface area contributed by atoms with Crippen molar-refractivity contribution in [2.24, 2.45) is 21.7 Å². The van der Waals surface area contributed by atoms with E-state index in [1.54, 1.807) is 24.3 Å². The summed E-state index contributed by atoms with van der Waals surface area (Å²) < 4.78 is 35.6. The highest BCUT2D eigenvalue weighted by Crippen LogP contribution is 2.65. The lowest BCUT2D eigenvalue weighted by Crippen LogP contribution is -2.50. The quantitative estimate of drug-likeness (QED) is 0.638. The van der Waals surface area contributed by atoms with Crippen LogP contribution in [0.1, 0.15) is 56.3 Å². The molecule has 1 aliphatic heterocycles. The molecule has 1 heterocycles. The lowest BCUT2D eigenvalue weighted by Gasteiger charge is -2.40. The molecule has 0 radical (unpaired) electrons. The van der Waals surface area contributed by atoms with Gasteiger partial charge in [-0.15, -0.1) is 0 Å². The van der Waals surface area contributed by atoms with Crippen LogP contribution in [0.25, 0.3) is 0 Å². The third kappa shape index (κ3) is 3.43. The van der Waals surface area contributed by atoms with Crippen molar-refractivity contribution in [2.45, 2.75) is 70.5 Å². The molecule has 2 bridgehead atoms. The Morgan fingerprint density at radius 1 is 1.06 bits per heavy atom. The van der Waals surface area contributed by atoms with Crippen molar-refractivity contribution in [3.05, 3.63) is 65.2 Å². The Balaban J connectivity index is 1.58. The van der Waals surface area contributed by atoms with Crippen molar-refractivity contribution in [2.75, 3.05) is 0 Å². The zero-order valence-corrected chi connectivity index (χ0v) is 21.1.